The quantitative estimate of drug-likeness (QED) is 0.840. The molecule has 4 nitrogen and oxygen atoms in total. The van der Waals surface area contributed by atoms with E-state index in [0.717, 1.165) is 24.4 Å². The maximum atomic E-state index is 5.90. The standard InChI is InChI=1S/C12H17N3O/c1-3-9-8-14-12(13)15(9)10-5-4-6-11(7-10)16-2/h4-7,9H,3,8H2,1-2H3,(H2,13,14). The summed E-state index contributed by atoms with van der Waals surface area (Å²) in [5.41, 5.74) is 6.95. The van der Waals surface area contributed by atoms with Gasteiger partial charge in [0, 0.05) is 11.8 Å². The first-order chi connectivity index (χ1) is 7.76. The van der Waals surface area contributed by atoms with Gasteiger partial charge in [-0.3, -0.25) is 4.99 Å². The second-order valence-corrected chi connectivity index (χ2v) is 3.83. The Morgan fingerprint density at radius 3 is 3.06 bits per heavy atom. The molecule has 0 fully saturated rings. The topological polar surface area (TPSA) is 50.8 Å². The molecule has 1 aromatic carbocycles. The van der Waals surface area contributed by atoms with Crippen molar-refractivity contribution in [1.82, 2.24) is 0 Å². The molecular formula is C12H17N3O. The van der Waals surface area contributed by atoms with Crippen LogP contribution in [-0.2, 0) is 0 Å². The summed E-state index contributed by atoms with van der Waals surface area (Å²) in [5, 5.41) is 0. The molecule has 2 N–H and O–H groups in total. The van der Waals surface area contributed by atoms with Gasteiger partial charge in [-0.25, -0.2) is 0 Å². The molecule has 0 bridgehead atoms. The summed E-state index contributed by atoms with van der Waals surface area (Å²) in [4.78, 5) is 6.35. The van der Waals surface area contributed by atoms with Crippen LogP contribution in [0.15, 0.2) is 29.3 Å². The molecule has 0 spiro atoms. The Bertz CT molecular complexity index is 403. The van der Waals surface area contributed by atoms with Gasteiger partial charge in [0.1, 0.15) is 5.75 Å². The van der Waals surface area contributed by atoms with Crippen molar-refractivity contribution in [3.8, 4) is 5.75 Å². The van der Waals surface area contributed by atoms with Crippen LogP contribution in [0.5, 0.6) is 5.75 Å². The molecule has 1 aromatic rings. The highest BCUT2D eigenvalue weighted by molar-refractivity contribution is 5.97. The van der Waals surface area contributed by atoms with Crippen LogP contribution >= 0.6 is 0 Å². The SMILES string of the molecule is CCC1CN=C(N)N1c1cccc(OC)c1. The number of rotatable bonds is 3. The van der Waals surface area contributed by atoms with Gasteiger partial charge in [-0.15, -0.1) is 0 Å². The number of guanidine groups is 1. The lowest BCUT2D eigenvalue weighted by Gasteiger charge is -2.25. The summed E-state index contributed by atoms with van der Waals surface area (Å²) in [5.74, 6) is 1.44. The summed E-state index contributed by atoms with van der Waals surface area (Å²) in [6.07, 6.45) is 1.03. The lowest BCUT2D eigenvalue weighted by Crippen LogP contribution is -2.40. The lowest BCUT2D eigenvalue weighted by atomic mass is 10.2. The number of methoxy groups -OCH3 is 1. The summed E-state index contributed by atoms with van der Waals surface area (Å²) in [6.45, 7) is 2.92. The first-order valence-corrected chi connectivity index (χ1v) is 5.49. The zero-order valence-corrected chi connectivity index (χ0v) is 9.68. The highest BCUT2D eigenvalue weighted by Gasteiger charge is 2.25. The van der Waals surface area contributed by atoms with Gasteiger partial charge >= 0.3 is 0 Å². The Morgan fingerprint density at radius 1 is 1.56 bits per heavy atom. The maximum Gasteiger partial charge on any atom is 0.196 e. The Hall–Kier alpha value is -1.71. The molecule has 1 heterocycles. The molecule has 1 aliphatic rings. The first-order valence-electron chi connectivity index (χ1n) is 5.49. The molecule has 1 atom stereocenters. The molecule has 0 saturated carbocycles. The number of nitrogens with zero attached hydrogens (tertiary/aromatic N) is 2. The number of aliphatic imine (C=N–C) groups is 1. The number of nitrogens with two attached hydrogens (primary N) is 1. The van der Waals surface area contributed by atoms with Crippen molar-refractivity contribution in [3.05, 3.63) is 24.3 Å². The largest absolute Gasteiger partial charge is 0.497 e. The van der Waals surface area contributed by atoms with Crippen LogP contribution in [0.4, 0.5) is 5.69 Å². The zero-order chi connectivity index (χ0) is 11.5. The average molecular weight is 219 g/mol. The molecular weight excluding hydrogens is 202 g/mol. The van der Waals surface area contributed by atoms with Gasteiger partial charge < -0.3 is 15.4 Å². The molecule has 2 rings (SSSR count). The molecule has 0 aliphatic carbocycles. The van der Waals surface area contributed by atoms with Crippen LogP contribution < -0.4 is 15.4 Å². The number of ether oxygens (including phenoxy) is 1. The Labute approximate surface area is 95.7 Å². The van der Waals surface area contributed by atoms with Crippen LogP contribution in [0, 0.1) is 0 Å². The van der Waals surface area contributed by atoms with Gasteiger partial charge in [-0.2, -0.15) is 0 Å². The minimum absolute atomic E-state index is 0.368. The fraction of sp³-hybridized carbons (Fsp3) is 0.417. The Kier molecular flexibility index (Phi) is 2.99. The third kappa shape index (κ3) is 1.83. The Balaban J connectivity index is 2.31. The fourth-order valence-corrected chi connectivity index (χ4v) is 1.96. The van der Waals surface area contributed by atoms with Crippen molar-refractivity contribution >= 4 is 11.6 Å². The van der Waals surface area contributed by atoms with Crippen molar-refractivity contribution in [2.75, 3.05) is 18.6 Å². The molecule has 4 heteroatoms. The summed E-state index contributed by atoms with van der Waals surface area (Å²) in [6, 6.07) is 8.27. The molecule has 1 unspecified atom stereocenters. The van der Waals surface area contributed by atoms with Gasteiger partial charge in [0.25, 0.3) is 0 Å². The molecule has 0 radical (unpaired) electrons. The third-order valence-electron chi connectivity index (χ3n) is 2.88. The van der Waals surface area contributed by atoms with Gasteiger partial charge in [0.15, 0.2) is 5.96 Å². The number of benzene rings is 1. The van der Waals surface area contributed by atoms with E-state index >= 15 is 0 Å². The monoisotopic (exact) mass is 219 g/mol. The first kappa shape index (κ1) is 10.8. The maximum absolute atomic E-state index is 5.90. The van der Waals surface area contributed by atoms with Gasteiger partial charge in [-0.05, 0) is 18.6 Å². The molecule has 16 heavy (non-hydrogen) atoms. The van der Waals surface area contributed by atoms with Crippen molar-refractivity contribution < 1.29 is 4.74 Å². The fourth-order valence-electron chi connectivity index (χ4n) is 1.96. The van der Waals surface area contributed by atoms with Crippen LogP contribution in [0.3, 0.4) is 0 Å². The molecule has 0 aromatic heterocycles. The van der Waals surface area contributed by atoms with Gasteiger partial charge in [0.2, 0.25) is 0 Å². The lowest BCUT2D eigenvalue weighted by molar-refractivity contribution is 0.415. The van der Waals surface area contributed by atoms with Crippen LogP contribution in [0.2, 0.25) is 0 Å². The molecule has 0 amide bonds. The van der Waals surface area contributed by atoms with E-state index in [2.05, 4.69) is 16.8 Å². The van der Waals surface area contributed by atoms with E-state index in [-0.39, 0.29) is 0 Å². The summed E-state index contributed by atoms with van der Waals surface area (Å²) in [7, 11) is 1.66. The van der Waals surface area contributed by atoms with E-state index in [0.29, 0.717) is 12.0 Å². The third-order valence-corrected chi connectivity index (χ3v) is 2.88. The van der Waals surface area contributed by atoms with Crippen LogP contribution in [0.25, 0.3) is 0 Å². The van der Waals surface area contributed by atoms with E-state index in [1.54, 1.807) is 7.11 Å². The van der Waals surface area contributed by atoms with Gasteiger partial charge in [-0.1, -0.05) is 13.0 Å². The van der Waals surface area contributed by atoms with Crippen LogP contribution in [0.1, 0.15) is 13.3 Å². The summed E-state index contributed by atoms with van der Waals surface area (Å²) < 4.78 is 5.21. The molecule has 86 valence electrons. The highest BCUT2D eigenvalue weighted by atomic mass is 16.5. The van der Waals surface area contributed by atoms with Crippen molar-refractivity contribution in [2.45, 2.75) is 19.4 Å². The van der Waals surface area contributed by atoms with E-state index < -0.39 is 0 Å². The second-order valence-electron chi connectivity index (χ2n) is 3.83. The van der Waals surface area contributed by atoms with Crippen molar-refractivity contribution in [1.29, 1.82) is 0 Å². The second kappa shape index (κ2) is 4.43. The predicted molar refractivity (Wildman–Crippen MR) is 66.0 cm³/mol. The Morgan fingerprint density at radius 2 is 2.38 bits per heavy atom. The van der Waals surface area contributed by atoms with Gasteiger partial charge in [0.05, 0.1) is 19.7 Å². The van der Waals surface area contributed by atoms with E-state index in [9.17, 15) is 0 Å². The molecule has 0 saturated heterocycles. The van der Waals surface area contributed by atoms with Crippen LogP contribution in [-0.4, -0.2) is 25.7 Å². The minimum atomic E-state index is 0.368. The smallest absolute Gasteiger partial charge is 0.196 e. The zero-order valence-electron chi connectivity index (χ0n) is 9.68. The number of hydrogen-bond donors (Lipinski definition) is 1. The van der Waals surface area contributed by atoms with Crippen molar-refractivity contribution in [2.24, 2.45) is 10.7 Å². The minimum Gasteiger partial charge on any atom is -0.497 e. The molecule has 1 aliphatic heterocycles. The highest BCUT2D eigenvalue weighted by Crippen LogP contribution is 2.25. The average Bonchev–Trinajstić information content (AvgIpc) is 2.70. The number of hydrogen-bond acceptors (Lipinski definition) is 4. The van der Waals surface area contributed by atoms with E-state index in [4.69, 9.17) is 10.5 Å². The number of anilines is 1. The predicted octanol–water partition coefficient (Wildman–Crippen LogP) is 1.61. The normalized spacial score (nSPS) is 19.8. The van der Waals surface area contributed by atoms with Crippen molar-refractivity contribution in [3.63, 3.8) is 0 Å². The van der Waals surface area contributed by atoms with E-state index in [1.165, 1.54) is 0 Å². The summed E-state index contributed by atoms with van der Waals surface area (Å²) >= 11 is 0. The van der Waals surface area contributed by atoms with E-state index in [1.807, 2.05) is 24.3 Å².